The van der Waals surface area contributed by atoms with Crippen LogP contribution in [0.5, 0.6) is 0 Å². The van der Waals surface area contributed by atoms with Crippen molar-refractivity contribution in [2.45, 2.75) is 18.8 Å². The minimum Gasteiger partial charge on any atom is -0.465 e. The molecule has 1 saturated carbocycles. The molecule has 1 aromatic carbocycles. The lowest BCUT2D eigenvalue weighted by atomic mass is 10.1. The van der Waals surface area contributed by atoms with Gasteiger partial charge in [0.25, 0.3) is 0 Å². The molecule has 0 aliphatic heterocycles. The van der Waals surface area contributed by atoms with E-state index in [2.05, 4.69) is 66.5 Å². The number of hydrogen-bond donors (Lipinski definition) is 3. The smallest absolute Gasteiger partial charge is 0.411 e. The number of aromatic amines is 1. The highest BCUT2D eigenvalue weighted by Gasteiger charge is 2.22. The summed E-state index contributed by atoms with van der Waals surface area (Å²) in [4.78, 5) is 21.0. The Bertz CT molecular complexity index is 815. The highest BCUT2D eigenvalue weighted by molar-refractivity contribution is 9.10. The zero-order chi connectivity index (χ0) is 16.2. The summed E-state index contributed by atoms with van der Waals surface area (Å²) in [6.45, 7) is 0. The van der Waals surface area contributed by atoms with E-state index in [0.29, 0.717) is 11.2 Å². The molecule has 23 heavy (non-hydrogen) atoms. The van der Waals surface area contributed by atoms with Gasteiger partial charge in [-0.15, -0.1) is 0 Å². The number of benzene rings is 1. The highest BCUT2D eigenvalue weighted by atomic mass is 79.9. The number of imidazole rings is 1. The van der Waals surface area contributed by atoms with Gasteiger partial charge >= 0.3 is 6.09 Å². The molecule has 3 N–H and O–H groups in total. The third kappa shape index (κ3) is 4.29. The SMILES string of the molecule is O=C(O)Nc1nc2ncc(Br)cc2[nH]1.c1ccc(C2CC2)cc1. The molecule has 1 fully saturated rings. The summed E-state index contributed by atoms with van der Waals surface area (Å²) in [5, 5.41) is 10.6. The first-order valence-corrected chi connectivity index (χ1v) is 7.97. The van der Waals surface area contributed by atoms with Crippen LogP contribution >= 0.6 is 15.9 Å². The Kier molecular flexibility index (Phi) is 4.57. The number of halogens is 1. The first-order valence-electron chi connectivity index (χ1n) is 7.18. The maximum absolute atomic E-state index is 10.3. The normalized spacial score (nSPS) is 13.3. The number of amides is 1. The van der Waals surface area contributed by atoms with Gasteiger partial charge in [-0.2, -0.15) is 4.98 Å². The molecular formula is C16H15BrN4O2. The number of carbonyl (C=O) groups is 1. The molecule has 1 amide bonds. The number of nitrogens with zero attached hydrogens (tertiary/aromatic N) is 2. The van der Waals surface area contributed by atoms with E-state index < -0.39 is 6.09 Å². The van der Waals surface area contributed by atoms with Crippen molar-refractivity contribution in [3.63, 3.8) is 0 Å². The minimum atomic E-state index is -1.16. The molecule has 1 aliphatic carbocycles. The summed E-state index contributed by atoms with van der Waals surface area (Å²) in [5.41, 5.74) is 2.66. The Balaban J connectivity index is 0.000000149. The molecule has 0 unspecified atom stereocenters. The van der Waals surface area contributed by atoms with Crippen LogP contribution in [0.4, 0.5) is 10.7 Å². The number of nitrogens with one attached hydrogen (secondary N) is 2. The average molecular weight is 375 g/mol. The molecule has 2 aromatic heterocycles. The monoisotopic (exact) mass is 374 g/mol. The van der Waals surface area contributed by atoms with Crippen LogP contribution < -0.4 is 5.32 Å². The van der Waals surface area contributed by atoms with E-state index in [0.717, 1.165) is 10.4 Å². The van der Waals surface area contributed by atoms with E-state index in [4.69, 9.17) is 5.11 Å². The van der Waals surface area contributed by atoms with E-state index in [1.54, 1.807) is 12.3 Å². The molecule has 3 aromatic rings. The molecule has 0 atom stereocenters. The summed E-state index contributed by atoms with van der Waals surface area (Å²) in [7, 11) is 0. The molecule has 0 bridgehead atoms. The molecular weight excluding hydrogens is 360 g/mol. The van der Waals surface area contributed by atoms with Crippen LogP contribution in [-0.2, 0) is 0 Å². The summed E-state index contributed by atoms with van der Waals surface area (Å²) in [6.07, 6.45) is 3.24. The van der Waals surface area contributed by atoms with E-state index in [1.165, 1.54) is 18.4 Å². The lowest BCUT2D eigenvalue weighted by molar-refractivity contribution is 0.209. The van der Waals surface area contributed by atoms with Gasteiger partial charge in [0.15, 0.2) is 5.65 Å². The molecule has 4 rings (SSSR count). The number of fused-ring (bicyclic) bond motifs is 1. The molecule has 6 nitrogen and oxygen atoms in total. The van der Waals surface area contributed by atoms with Crippen LogP contribution in [0.3, 0.4) is 0 Å². The standard InChI is InChI=1S/C9H10.C7H5BrN4O2/c1-2-4-8(5-3-1)9-6-7-9;8-3-1-4-5(9-2-3)11-6(10-4)12-7(13)14/h1-5,9H,6-7H2;1-2H,(H,13,14)(H2,9,10,11,12). The number of anilines is 1. The maximum Gasteiger partial charge on any atom is 0.411 e. The van der Waals surface area contributed by atoms with Crippen molar-refractivity contribution in [3.05, 3.63) is 52.6 Å². The van der Waals surface area contributed by atoms with Crippen molar-refractivity contribution in [2.75, 3.05) is 5.32 Å². The minimum absolute atomic E-state index is 0.165. The Morgan fingerprint density at radius 2 is 2.04 bits per heavy atom. The van der Waals surface area contributed by atoms with Crippen LogP contribution in [-0.4, -0.2) is 26.2 Å². The molecule has 0 saturated heterocycles. The van der Waals surface area contributed by atoms with Crippen LogP contribution in [0.2, 0.25) is 0 Å². The Labute approximate surface area is 141 Å². The van der Waals surface area contributed by atoms with Gasteiger partial charge in [-0.05, 0) is 46.3 Å². The number of H-pyrrole nitrogens is 1. The van der Waals surface area contributed by atoms with Gasteiger partial charge in [-0.3, -0.25) is 5.32 Å². The number of rotatable bonds is 2. The van der Waals surface area contributed by atoms with Crippen LogP contribution in [0.1, 0.15) is 24.3 Å². The predicted molar refractivity (Wildman–Crippen MR) is 91.7 cm³/mol. The van der Waals surface area contributed by atoms with Crippen molar-refractivity contribution < 1.29 is 9.90 Å². The highest BCUT2D eigenvalue weighted by Crippen LogP contribution is 2.39. The van der Waals surface area contributed by atoms with Crippen LogP contribution in [0.25, 0.3) is 11.2 Å². The first-order chi connectivity index (χ1) is 11.1. The molecule has 1 aliphatic rings. The third-order valence-corrected chi connectivity index (χ3v) is 3.81. The Morgan fingerprint density at radius 1 is 1.30 bits per heavy atom. The zero-order valence-electron chi connectivity index (χ0n) is 12.2. The lowest BCUT2D eigenvalue weighted by Gasteiger charge is -1.92. The van der Waals surface area contributed by atoms with Crippen molar-refractivity contribution in [1.82, 2.24) is 15.0 Å². The van der Waals surface area contributed by atoms with Crippen molar-refractivity contribution in [1.29, 1.82) is 0 Å². The quantitative estimate of drug-likeness (QED) is 0.620. The van der Waals surface area contributed by atoms with Crippen LogP contribution in [0.15, 0.2) is 47.1 Å². The van der Waals surface area contributed by atoms with Crippen molar-refractivity contribution in [3.8, 4) is 0 Å². The van der Waals surface area contributed by atoms with Gasteiger partial charge in [0, 0.05) is 10.7 Å². The van der Waals surface area contributed by atoms with Gasteiger partial charge < -0.3 is 10.1 Å². The van der Waals surface area contributed by atoms with Crippen molar-refractivity contribution in [2.24, 2.45) is 0 Å². The van der Waals surface area contributed by atoms with E-state index >= 15 is 0 Å². The number of carboxylic acid groups (broad SMARTS) is 1. The maximum atomic E-state index is 10.3. The van der Waals surface area contributed by atoms with Gasteiger partial charge in [0.2, 0.25) is 5.95 Å². The average Bonchev–Trinajstić information content (AvgIpc) is 3.30. The summed E-state index contributed by atoms with van der Waals surface area (Å²) < 4.78 is 0.801. The summed E-state index contributed by atoms with van der Waals surface area (Å²) >= 11 is 3.25. The zero-order valence-corrected chi connectivity index (χ0v) is 13.7. The molecule has 7 heteroatoms. The van der Waals surface area contributed by atoms with Gasteiger partial charge in [-0.1, -0.05) is 30.3 Å². The second kappa shape index (κ2) is 6.78. The first kappa shape index (κ1) is 15.5. The van der Waals surface area contributed by atoms with Gasteiger partial charge in [0.05, 0.1) is 5.52 Å². The second-order valence-corrected chi connectivity index (χ2v) is 6.14. The predicted octanol–water partition coefficient (Wildman–Crippen LogP) is 4.37. The van der Waals surface area contributed by atoms with Crippen molar-refractivity contribution >= 4 is 39.1 Å². The van der Waals surface area contributed by atoms with E-state index in [-0.39, 0.29) is 5.95 Å². The molecule has 2 heterocycles. The summed E-state index contributed by atoms with van der Waals surface area (Å²) in [6, 6.07) is 12.5. The lowest BCUT2D eigenvalue weighted by Crippen LogP contribution is -2.08. The topological polar surface area (TPSA) is 90.9 Å². The van der Waals surface area contributed by atoms with Gasteiger partial charge in [0.1, 0.15) is 0 Å². The van der Waals surface area contributed by atoms with E-state index in [1.807, 2.05) is 0 Å². The number of hydrogen-bond acceptors (Lipinski definition) is 3. The molecule has 118 valence electrons. The third-order valence-electron chi connectivity index (χ3n) is 3.38. The van der Waals surface area contributed by atoms with Gasteiger partial charge in [-0.25, -0.2) is 9.78 Å². The largest absolute Gasteiger partial charge is 0.465 e. The fraction of sp³-hybridized carbons (Fsp3) is 0.188. The van der Waals surface area contributed by atoms with Crippen LogP contribution in [0, 0.1) is 0 Å². The second-order valence-electron chi connectivity index (χ2n) is 5.23. The summed E-state index contributed by atoms with van der Waals surface area (Å²) in [5.74, 6) is 1.07. The Hall–Kier alpha value is -2.41. The number of pyridine rings is 1. The molecule has 0 spiro atoms. The van der Waals surface area contributed by atoms with E-state index in [9.17, 15) is 4.79 Å². The fourth-order valence-electron chi connectivity index (χ4n) is 2.18. The Morgan fingerprint density at radius 3 is 2.70 bits per heavy atom. The fourth-order valence-corrected chi connectivity index (χ4v) is 2.51. The molecule has 0 radical (unpaired) electrons. The number of aromatic nitrogens is 3.